The normalized spacial score (nSPS) is 13.5. The molecule has 0 aliphatic rings. The Morgan fingerprint density at radius 1 is 0.955 bits per heavy atom. The molecule has 0 spiro atoms. The Labute approximate surface area is 125 Å². The van der Waals surface area contributed by atoms with Crippen LogP contribution in [-0.4, -0.2) is 27.9 Å². The van der Waals surface area contributed by atoms with Crippen molar-refractivity contribution in [3.63, 3.8) is 0 Å². The predicted octanol–water partition coefficient (Wildman–Crippen LogP) is 2.24. The molecule has 15 heteroatoms. The fraction of sp³-hybridized carbons (Fsp3) is 0.571. The van der Waals surface area contributed by atoms with Crippen molar-refractivity contribution in [2.24, 2.45) is 0 Å². The Morgan fingerprint density at radius 3 is 1.45 bits per heavy atom. The third-order valence-corrected chi connectivity index (χ3v) is 5.46. The maximum Gasteiger partial charge on any atom is 0.480 e. The van der Waals surface area contributed by atoms with Gasteiger partial charge in [-0.25, -0.2) is 21.8 Å². The number of aryl methyl sites for hydroxylation is 2. The van der Waals surface area contributed by atoms with Crippen molar-refractivity contribution >= 4 is 31.4 Å². The standard InChI is InChI=1S/C5H7NS.C2F6NO4S2/c1-4-5(2)7-3-6-4;3-1(4,5)14(10,11)9-15(12,13)2(6,7)8/h3H,1-2H3;/q;-1/p+1. The highest BCUT2D eigenvalue weighted by molar-refractivity contribution is 8.13. The molecule has 0 saturated heterocycles. The Balaban J connectivity index is 0.000000518. The largest absolute Gasteiger partial charge is 0.480 e. The SMILES string of the molecule is Cc1[nH+]csc1C.O=S(=O)([N-]S(=O)(=O)C(F)(F)F)C(F)(F)F. The van der Waals surface area contributed by atoms with Gasteiger partial charge in [-0.1, -0.05) is 11.3 Å². The minimum Gasteiger partial charge on any atom is -0.421 e. The molecule has 1 N–H and O–H groups in total. The van der Waals surface area contributed by atoms with Gasteiger partial charge in [0.15, 0.2) is 25.7 Å². The van der Waals surface area contributed by atoms with Crippen molar-refractivity contribution in [3.05, 3.63) is 20.2 Å². The third-order valence-electron chi connectivity index (χ3n) is 1.82. The van der Waals surface area contributed by atoms with Crippen LogP contribution >= 0.6 is 11.3 Å². The van der Waals surface area contributed by atoms with E-state index in [1.807, 2.05) is 5.51 Å². The molecule has 0 fully saturated rings. The zero-order chi connectivity index (χ0) is 18.0. The summed E-state index contributed by atoms with van der Waals surface area (Å²) in [6.07, 6.45) is 0. The average Bonchev–Trinajstić information content (AvgIpc) is 2.59. The lowest BCUT2D eigenvalue weighted by Gasteiger charge is -2.22. The second-order valence-corrected chi connectivity index (χ2v) is 7.98. The van der Waals surface area contributed by atoms with E-state index < -0.39 is 31.1 Å². The lowest BCUT2D eigenvalue weighted by Crippen LogP contribution is -2.30. The highest BCUT2D eigenvalue weighted by atomic mass is 32.3. The van der Waals surface area contributed by atoms with E-state index in [9.17, 15) is 43.2 Å². The van der Waals surface area contributed by atoms with Gasteiger partial charge in [0, 0.05) is 6.92 Å². The minimum atomic E-state index is -6.72. The van der Waals surface area contributed by atoms with Crippen LogP contribution in [0.2, 0.25) is 0 Å². The van der Waals surface area contributed by atoms with Gasteiger partial charge in [0.1, 0.15) is 0 Å². The van der Waals surface area contributed by atoms with Crippen LogP contribution in [0.3, 0.4) is 0 Å². The van der Waals surface area contributed by atoms with Gasteiger partial charge in [0.05, 0.1) is 4.88 Å². The molecule has 0 amide bonds. The van der Waals surface area contributed by atoms with Gasteiger partial charge in [-0.3, -0.25) is 0 Å². The summed E-state index contributed by atoms with van der Waals surface area (Å²) in [4.78, 5) is 4.46. The summed E-state index contributed by atoms with van der Waals surface area (Å²) in [5, 5.41) is 0. The van der Waals surface area contributed by atoms with E-state index in [1.165, 1.54) is 10.6 Å². The number of halogens is 6. The highest BCUT2D eigenvalue weighted by Crippen LogP contribution is 2.36. The van der Waals surface area contributed by atoms with E-state index in [0.717, 1.165) is 4.13 Å². The number of nitrogens with zero attached hydrogens (tertiary/aromatic N) is 1. The van der Waals surface area contributed by atoms with Crippen LogP contribution in [0.15, 0.2) is 5.51 Å². The Morgan fingerprint density at radius 2 is 1.32 bits per heavy atom. The molecule has 22 heavy (non-hydrogen) atoms. The van der Waals surface area contributed by atoms with E-state index in [2.05, 4.69) is 18.8 Å². The van der Waals surface area contributed by atoms with Crippen molar-refractivity contribution in [1.29, 1.82) is 0 Å². The van der Waals surface area contributed by atoms with Crippen LogP contribution in [0, 0.1) is 13.8 Å². The molecule has 6 nitrogen and oxygen atoms in total. The molecule has 0 aliphatic carbocycles. The van der Waals surface area contributed by atoms with Gasteiger partial charge in [-0.05, 0) is 6.92 Å². The number of aromatic nitrogens is 1. The molecule has 0 unspecified atom stereocenters. The average molecular weight is 394 g/mol. The quantitative estimate of drug-likeness (QED) is 0.719. The molecule has 1 aromatic rings. The summed E-state index contributed by atoms with van der Waals surface area (Å²) in [6.45, 7) is 4.18. The number of nitrogens with one attached hydrogen (secondary N) is 1. The summed E-state index contributed by atoms with van der Waals surface area (Å²) in [6, 6.07) is 0. The van der Waals surface area contributed by atoms with Crippen LogP contribution in [0.5, 0.6) is 0 Å². The van der Waals surface area contributed by atoms with Gasteiger partial charge < -0.3 is 4.13 Å². The molecule has 130 valence electrons. The molecule has 1 aromatic heterocycles. The van der Waals surface area contributed by atoms with E-state index in [-0.39, 0.29) is 0 Å². The topological polar surface area (TPSA) is 96.5 Å². The second kappa shape index (κ2) is 6.67. The minimum absolute atomic E-state index is 0.778. The Hall–Kier alpha value is -0.930. The highest BCUT2D eigenvalue weighted by Gasteiger charge is 2.46. The molecule has 0 aromatic carbocycles. The van der Waals surface area contributed by atoms with Crippen LogP contribution in [-0.2, 0) is 20.0 Å². The van der Waals surface area contributed by atoms with Gasteiger partial charge in [0.2, 0.25) is 5.51 Å². The van der Waals surface area contributed by atoms with Gasteiger partial charge in [-0.2, -0.15) is 26.3 Å². The molecule has 0 radical (unpaired) electrons. The summed E-state index contributed by atoms with van der Waals surface area (Å²) in [5.74, 6) is 0. The molecule has 0 saturated carbocycles. The number of alkyl halides is 6. The molecule has 1 rings (SSSR count). The summed E-state index contributed by atoms with van der Waals surface area (Å²) < 4.78 is 109. The summed E-state index contributed by atoms with van der Waals surface area (Å²) in [5.41, 5.74) is -9.13. The van der Waals surface area contributed by atoms with Crippen LogP contribution in [0.25, 0.3) is 4.13 Å². The molecular weight excluding hydrogens is 386 g/mol. The number of hydrogen-bond acceptors (Lipinski definition) is 5. The number of thiazole rings is 1. The van der Waals surface area contributed by atoms with Crippen LogP contribution in [0.4, 0.5) is 26.3 Å². The number of sulfonamides is 2. The lowest BCUT2D eigenvalue weighted by atomic mass is 10.4. The van der Waals surface area contributed by atoms with Gasteiger partial charge >= 0.3 is 11.0 Å². The Bertz CT molecular complexity index is 645. The first-order valence-corrected chi connectivity index (χ1v) is 8.56. The summed E-state index contributed by atoms with van der Waals surface area (Å²) >= 11 is 1.75. The summed E-state index contributed by atoms with van der Waals surface area (Å²) in [7, 11) is -13.4. The number of hydrogen-bond donors (Lipinski definition) is 0. The van der Waals surface area contributed by atoms with Crippen molar-refractivity contribution in [2.75, 3.05) is 0 Å². The zero-order valence-corrected chi connectivity index (χ0v) is 13.1. The third kappa shape index (κ3) is 5.69. The fourth-order valence-corrected chi connectivity index (χ4v) is 2.97. The van der Waals surface area contributed by atoms with Crippen molar-refractivity contribution < 1.29 is 48.2 Å². The van der Waals surface area contributed by atoms with Gasteiger partial charge in [0.25, 0.3) is 0 Å². The Kier molecular flexibility index (Phi) is 6.39. The van der Waals surface area contributed by atoms with Gasteiger partial charge in [-0.15, -0.1) is 0 Å². The lowest BCUT2D eigenvalue weighted by molar-refractivity contribution is -0.380. The monoisotopic (exact) mass is 394 g/mol. The van der Waals surface area contributed by atoms with Crippen molar-refractivity contribution in [2.45, 2.75) is 24.9 Å². The zero-order valence-electron chi connectivity index (χ0n) is 10.7. The predicted molar refractivity (Wildman–Crippen MR) is 63.7 cm³/mol. The first kappa shape index (κ1) is 21.1. The smallest absolute Gasteiger partial charge is 0.421 e. The van der Waals surface area contributed by atoms with E-state index >= 15 is 0 Å². The van der Waals surface area contributed by atoms with E-state index in [4.69, 9.17) is 0 Å². The van der Waals surface area contributed by atoms with Crippen LogP contribution < -0.4 is 4.98 Å². The number of aromatic amines is 1. The first-order chi connectivity index (χ1) is 9.51. The number of rotatable bonds is 2. The molecule has 1 heterocycles. The first-order valence-electron chi connectivity index (χ1n) is 4.80. The van der Waals surface area contributed by atoms with Crippen molar-refractivity contribution in [3.8, 4) is 0 Å². The number of H-pyrrole nitrogens is 1. The maximum absolute atomic E-state index is 11.4. The molecule has 0 aliphatic heterocycles. The van der Waals surface area contributed by atoms with E-state index in [1.54, 1.807) is 11.3 Å². The van der Waals surface area contributed by atoms with E-state index in [0.29, 0.717) is 0 Å². The molecule has 0 atom stereocenters. The molecule has 0 bridgehead atoms. The van der Waals surface area contributed by atoms with Crippen molar-refractivity contribution in [1.82, 2.24) is 0 Å². The second-order valence-electron chi connectivity index (χ2n) is 3.48. The fourth-order valence-electron chi connectivity index (χ4n) is 0.610. The maximum atomic E-state index is 11.4. The van der Waals surface area contributed by atoms with Crippen LogP contribution in [0.1, 0.15) is 10.6 Å². The molecular formula is C7H8F6N2O4S3.